The number of fused-ring (bicyclic) bond motifs is 2. The van der Waals surface area contributed by atoms with Gasteiger partial charge in [0.25, 0.3) is 11.8 Å². The summed E-state index contributed by atoms with van der Waals surface area (Å²) in [5, 5.41) is 5.19. The van der Waals surface area contributed by atoms with E-state index in [4.69, 9.17) is 4.84 Å². The Morgan fingerprint density at radius 1 is 1.15 bits per heavy atom. The third kappa shape index (κ3) is 2.33. The highest BCUT2D eigenvalue weighted by Crippen LogP contribution is 2.40. The zero-order valence-electron chi connectivity index (χ0n) is 14.4. The van der Waals surface area contributed by atoms with E-state index >= 15 is 0 Å². The summed E-state index contributed by atoms with van der Waals surface area (Å²) < 4.78 is 1.58. The first kappa shape index (κ1) is 15.7. The van der Waals surface area contributed by atoms with E-state index < -0.39 is 17.8 Å². The third-order valence-electron chi connectivity index (χ3n) is 4.87. The molecule has 3 heterocycles. The normalized spacial score (nSPS) is 16.1. The van der Waals surface area contributed by atoms with Gasteiger partial charge in [-0.15, -0.1) is 0 Å². The highest BCUT2D eigenvalue weighted by Gasteiger charge is 2.39. The number of rotatable bonds is 3. The largest absolute Gasteiger partial charge is 0.364 e. The van der Waals surface area contributed by atoms with Crippen LogP contribution in [0.1, 0.15) is 55.5 Å². The molecule has 0 bridgehead atoms. The molecule has 134 valence electrons. The average Bonchev–Trinajstić information content (AvgIpc) is 3.43. The van der Waals surface area contributed by atoms with Gasteiger partial charge in [0.05, 0.1) is 28.3 Å². The van der Waals surface area contributed by atoms with Crippen molar-refractivity contribution < 1.29 is 19.2 Å². The molecule has 1 saturated carbocycles. The summed E-state index contributed by atoms with van der Waals surface area (Å²) in [6, 6.07) is 8.03. The fraction of sp³-hybridized carbons (Fsp3) is 0.211. The van der Waals surface area contributed by atoms with Crippen molar-refractivity contribution in [1.29, 1.82) is 0 Å². The molecule has 5 rings (SSSR count). The first-order valence-electron chi connectivity index (χ1n) is 8.57. The van der Waals surface area contributed by atoms with Gasteiger partial charge in [0.15, 0.2) is 5.65 Å². The number of nitrogens with zero attached hydrogens (tertiary/aromatic N) is 4. The van der Waals surface area contributed by atoms with Gasteiger partial charge in [-0.25, -0.2) is 9.78 Å². The number of hydroxylamine groups is 2. The molecule has 0 spiro atoms. The van der Waals surface area contributed by atoms with Crippen molar-refractivity contribution in [3.63, 3.8) is 0 Å². The molecule has 0 saturated heterocycles. The number of hydrogen-bond donors (Lipinski definition) is 0. The minimum atomic E-state index is -0.785. The Kier molecular flexibility index (Phi) is 3.18. The minimum absolute atomic E-state index is 0.218. The van der Waals surface area contributed by atoms with E-state index in [-0.39, 0.29) is 16.7 Å². The van der Waals surface area contributed by atoms with Gasteiger partial charge in [0.2, 0.25) is 0 Å². The molecule has 1 aliphatic carbocycles. The van der Waals surface area contributed by atoms with Gasteiger partial charge >= 0.3 is 5.97 Å². The number of hydrogen-bond acceptors (Lipinski definition) is 6. The molecule has 3 aromatic rings. The number of aromatic nitrogens is 3. The fourth-order valence-corrected chi connectivity index (χ4v) is 3.27. The summed E-state index contributed by atoms with van der Waals surface area (Å²) in [5.41, 5.74) is 2.03. The predicted molar refractivity (Wildman–Crippen MR) is 92.8 cm³/mol. The quantitative estimate of drug-likeness (QED) is 0.663. The molecule has 8 heteroatoms. The summed E-state index contributed by atoms with van der Waals surface area (Å²) in [5.74, 6) is -1.77. The van der Waals surface area contributed by atoms with Crippen LogP contribution in [0.3, 0.4) is 0 Å². The molecular formula is C19H14N4O4. The van der Waals surface area contributed by atoms with Crippen LogP contribution in [-0.4, -0.2) is 37.6 Å². The maximum Gasteiger partial charge on any atom is 0.364 e. The molecule has 2 aliphatic rings. The Balaban J connectivity index is 1.52. The Morgan fingerprint density at radius 3 is 2.44 bits per heavy atom. The molecule has 1 fully saturated rings. The third-order valence-corrected chi connectivity index (χ3v) is 4.87. The lowest BCUT2D eigenvalue weighted by Gasteiger charge is -2.13. The second-order valence-corrected chi connectivity index (χ2v) is 6.70. The van der Waals surface area contributed by atoms with Gasteiger partial charge in [0, 0.05) is 18.7 Å². The van der Waals surface area contributed by atoms with Gasteiger partial charge < -0.3 is 4.84 Å². The van der Waals surface area contributed by atoms with Crippen LogP contribution in [-0.2, 0) is 11.9 Å². The molecular weight excluding hydrogens is 348 g/mol. The molecule has 0 atom stereocenters. The summed E-state index contributed by atoms with van der Waals surface area (Å²) >= 11 is 0. The lowest BCUT2D eigenvalue weighted by molar-refractivity contribution is -0.0583. The van der Waals surface area contributed by atoms with Gasteiger partial charge in [0.1, 0.15) is 0 Å². The second-order valence-electron chi connectivity index (χ2n) is 6.70. The monoisotopic (exact) mass is 362 g/mol. The summed E-state index contributed by atoms with van der Waals surface area (Å²) in [6.45, 7) is 0. The summed E-state index contributed by atoms with van der Waals surface area (Å²) in [6.07, 6.45) is 3.56. The Labute approximate surface area is 153 Å². The van der Waals surface area contributed by atoms with Crippen molar-refractivity contribution in [3.05, 3.63) is 58.9 Å². The second kappa shape index (κ2) is 5.47. The molecule has 8 nitrogen and oxygen atoms in total. The van der Waals surface area contributed by atoms with E-state index in [1.807, 2.05) is 0 Å². The van der Waals surface area contributed by atoms with Crippen LogP contribution in [0, 0.1) is 0 Å². The van der Waals surface area contributed by atoms with E-state index in [0.29, 0.717) is 22.0 Å². The van der Waals surface area contributed by atoms with Crippen molar-refractivity contribution in [3.8, 4) is 0 Å². The zero-order valence-corrected chi connectivity index (χ0v) is 14.4. The molecule has 2 aromatic heterocycles. The van der Waals surface area contributed by atoms with Gasteiger partial charge in [-0.3, -0.25) is 14.3 Å². The predicted octanol–water partition coefficient (Wildman–Crippen LogP) is 2.21. The van der Waals surface area contributed by atoms with Crippen molar-refractivity contribution in [2.75, 3.05) is 0 Å². The van der Waals surface area contributed by atoms with E-state index in [2.05, 4.69) is 10.1 Å². The van der Waals surface area contributed by atoms with Crippen molar-refractivity contribution in [2.45, 2.75) is 18.8 Å². The standard InChI is InChI=1S/C19H14N4O4/c1-22-16-14(9-20-22)13(8-15(21-16)10-6-7-10)19(26)27-23-17(24)11-4-2-3-5-12(11)18(23)25/h2-5,8-10H,6-7H2,1H3. The summed E-state index contributed by atoms with van der Waals surface area (Å²) in [4.78, 5) is 47.5. The average molecular weight is 362 g/mol. The van der Waals surface area contributed by atoms with Crippen molar-refractivity contribution in [1.82, 2.24) is 19.8 Å². The minimum Gasteiger partial charge on any atom is -0.324 e. The number of aryl methyl sites for hydroxylation is 1. The number of benzene rings is 1. The highest BCUT2D eigenvalue weighted by molar-refractivity contribution is 6.21. The Morgan fingerprint density at radius 2 is 1.81 bits per heavy atom. The van der Waals surface area contributed by atoms with Crippen LogP contribution < -0.4 is 0 Å². The van der Waals surface area contributed by atoms with E-state index in [1.54, 1.807) is 29.9 Å². The molecule has 0 radical (unpaired) electrons. The SMILES string of the molecule is Cn1ncc2c(C(=O)ON3C(=O)c4ccccc4C3=O)cc(C3CC3)nc21. The number of pyridine rings is 1. The van der Waals surface area contributed by atoms with E-state index in [1.165, 1.54) is 18.3 Å². The maximum atomic E-state index is 12.8. The van der Waals surface area contributed by atoms with Gasteiger partial charge in [-0.1, -0.05) is 17.2 Å². The Bertz CT molecular complexity index is 1110. The van der Waals surface area contributed by atoms with Crippen LogP contribution in [0.15, 0.2) is 36.5 Å². The topological polar surface area (TPSA) is 94.4 Å². The van der Waals surface area contributed by atoms with Crippen molar-refractivity contribution >= 4 is 28.8 Å². The lowest BCUT2D eigenvalue weighted by atomic mass is 10.1. The van der Waals surface area contributed by atoms with Crippen molar-refractivity contribution in [2.24, 2.45) is 7.05 Å². The van der Waals surface area contributed by atoms with Crippen LogP contribution in [0.5, 0.6) is 0 Å². The fourth-order valence-electron chi connectivity index (χ4n) is 3.27. The van der Waals surface area contributed by atoms with E-state index in [0.717, 1.165) is 18.5 Å². The van der Waals surface area contributed by atoms with Gasteiger partial charge in [-0.2, -0.15) is 5.10 Å². The molecule has 1 aliphatic heterocycles. The van der Waals surface area contributed by atoms with Crippen LogP contribution in [0.25, 0.3) is 11.0 Å². The smallest absolute Gasteiger partial charge is 0.324 e. The number of carbonyl (C=O) groups is 3. The molecule has 2 amide bonds. The first-order valence-corrected chi connectivity index (χ1v) is 8.57. The molecule has 0 unspecified atom stereocenters. The maximum absolute atomic E-state index is 12.8. The first-order chi connectivity index (χ1) is 13.0. The summed E-state index contributed by atoms with van der Waals surface area (Å²) in [7, 11) is 1.74. The van der Waals surface area contributed by atoms with Gasteiger partial charge in [-0.05, 0) is 31.0 Å². The van der Waals surface area contributed by atoms with Crippen LogP contribution in [0.4, 0.5) is 0 Å². The van der Waals surface area contributed by atoms with E-state index in [9.17, 15) is 14.4 Å². The highest BCUT2D eigenvalue weighted by atomic mass is 16.7. The molecule has 0 N–H and O–H groups in total. The lowest BCUT2D eigenvalue weighted by Crippen LogP contribution is -2.32. The van der Waals surface area contributed by atoms with Crippen LogP contribution in [0.2, 0.25) is 0 Å². The molecule has 27 heavy (non-hydrogen) atoms. The number of amides is 2. The Hall–Kier alpha value is -3.55. The zero-order chi connectivity index (χ0) is 18.7. The molecule has 1 aromatic carbocycles. The number of carbonyl (C=O) groups excluding carboxylic acids is 3. The van der Waals surface area contributed by atoms with Crippen LogP contribution >= 0.6 is 0 Å². The number of imide groups is 1.